The van der Waals surface area contributed by atoms with Crippen LogP contribution in [0.5, 0.6) is 0 Å². The van der Waals surface area contributed by atoms with Gasteiger partial charge in [0.2, 0.25) is 5.89 Å². The average Bonchev–Trinajstić information content (AvgIpc) is 2.69. The summed E-state index contributed by atoms with van der Waals surface area (Å²) < 4.78 is 6.28. The largest absolute Gasteiger partial charge is 0.444 e. The van der Waals surface area contributed by atoms with Gasteiger partial charge in [-0.2, -0.15) is 0 Å². The summed E-state index contributed by atoms with van der Waals surface area (Å²) in [7, 11) is 0. The lowest BCUT2D eigenvalue weighted by molar-refractivity contribution is 0.453. The molecule has 0 radical (unpaired) electrons. The zero-order valence-corrected chi connectivity index (χ0v) is 11.2. The van der Waals surface area contributed by atoms with Gasteiger partial charge in [0.25, 0.3) is 0 Å². The molecule has 0 bridgehead atoms. The lowest BCUT2D eigenvalue weighted by atomic mass is 10.3. The molecule has 0 aromatic carbocycles. The molecule has 0 saturated carbocycles. The topological polar surface area (TPSA) is 77.0 Å². The minimum Gasteiger partial charge on any atom is -0.444 e. The predicted molar refractivity (Wildman–Crippen MR) is 69.6 cm³/mol. The van der Waals surface area contributed by atoms with Gasteiger partial charge in [0.05, 0.1) is 11.9 Å². The van der Waals surface area contributed by atoms with Gasteiger partial charge in [0.1, 0.15) is 17.6 Å². The van der Waals surface area contributed by atoms with E-state index in [4.69, 9.17) is 10.2 Å². The third kappa shape index (κ3) is 2.76. The number of hydrogen-bond donors (Lipinski definition) is 2. The van der Waals surface area contributed by atoms with Crippen molar-refractivity contribution in [2.75, 3.05) is 11.1 Å². The van der Waals surface area contributed by atoms with Crippen LogP contribution in [0.25, 0.3) is 0 Å². The number of halogens is 1. The highest BCUT2D eigenvalue weighted by molar-refractivity contribution is 9.10. The Morgan fingerprint density at radius 2 is 2.18 bits per heavy atom. The molecule has 6 heteroatoms. The van der Waals surface area contributed by atoms with E-state index >= 15 is 0 Å². The van der Waals surface area contributed by atoms with E-state index in [1.54, 1.807) is 18.5 Å². The van der Waals surface area contributed by atoms with Crippen LogP contribution in [0.3, 0.4) is 0 Å². The molecular formula is C11H13BrN4O. The Balaban J connectivity index is 2.15. The van der Waals surface area contributed by atoms with Crippen LogP contribution in [0.15, 0.2) is 27.3 Å². The van der Waals surface area contributed by atoms with Gasteiger partial charge in [-0.1, -0.05) is 0 Å². The van der Waals surface area contributed by atoms with Crippen LogP contribution in [-0.4, -0.2) is 9.97 Å². The highest BCUT2D eigenvalue weighted by Gasteiger charge is 2.13. The molecule has 1 atom stereocenters. The van der Waals surface area contributed by atoms with Gasteiger partial charge in [0.15, 0.2) is 0 Å². The minimum absolute atomic E-state index is 0.0836. The van der Waals surface area contributed by atoms with Gasteiger partial charge >= 0.3 is 0 Å². The number of rotatable bonds is 3. The van der Waals surface area contributed by atoms with Gasteiger partial charge in [-0.15, -0.1) is 0 Å². The molecule has 17 heavy (non-hydrogen) atoms. The third-order valence-corrected chi connectivity index (χ3v) is 2.68. The molecular weight excluding hydrogens is 284 g/mol. The van der Waals surface area contributed by atoms with Crippen molar-refractivity contribution in [3.8, 4) is 0 Å². The van der Waals surface area contributed by atoms with Crippen molar-refractivity contribution in [2.45, 2.75) is 19.9 Å². The second-order valence-corrected chi connectivity index (χ2v) is 4.68. The molecule has 2 aromatic rings. The maximum atomic E-state index is 5.85. The summed E-state index contributed by atoms with van der Waals surface area (Å²) in [5, 5.41) is 3.15. The Morgan fingerprint density at radius 1 is 1.41 bits per heavy atom. The molecule has 0 spiro atoms. The molecule has 2 rings (SSSR count). The Hall–Kier alpha value is -1.56. The van der Waals surface area contributed by atoms with Gasteiger partial charge in [-0.25, -0.2) is 9.97 Å². The van der Waals surface area contributed by atoms with Crippen molar-refractivity contribution in [1.29, 1.82) is 0 Å². The molecule has 2 heterocycles. The second-order valence-electron chi connectivity index (χ2n) is 3.77. The zero-order valence-electron chi connectivity index (χ0n) is 9.57. The number of anilines is 2. The quantitative estimate of drug-likeness (QED) is 0.911. The fraction of sp³-hybridized carbons (Fsp3) is 0.273. The van der Waals surface area contributed by atoms with Crippen molar-refractivity contribution in [1.82, 2.24) is 9.97 Å². The van der Waals surface area contributed by atoms with Crippen molar-refractivity contribution in [3.05, 3.63) is 34.6 Å². The molecule has 0 fully saturated rings. The lowest BCUT2D eigenvalue weighted by Gasteiger charge is -2.12. The molecule has 1 unspecified atom stereocenters. The Kier molecular flexibility index (Phi) is 3.33. The van der Waals surface area contributed by atoms with Crippen LogP contribution in [0.1, 0.15) is 24.6 Å². The standard InChI is InChI=1S/C11H13BrN4O/c1-6-4-15-11(17-6)7(2)16-10-9(13)3-8(12)5-14-10/h3-5,7H,13H2,1-2H3,(H,14,16). The maximum absolute atomic E-state index is 5.85. The van der Waals surface area contributed by atoms with Gasteiger partial charge < -0.3 is 15.5 Å². The SMILES string of the molecule is Cc1cnc(C(C)Nc2ncc(Br)cc2N)o1. The van der Waals surface area contributed by atoms with E-state index in [9.17, 15) is 0 Å². The summed E-state index contributed by atoms with van der Waals surface area (Å²) in [5.74, 6) is 2.02. The molecule has 0 aliphatic heterocycles. The molecule has 3 N–H and O–H groups in total. The van der Waals surface area contributed by atoms with E-state index < -0.39 is 0 Å². The first kappa shape index (κ1) is 11.9. The first-order valence-corrected chi connectivity index (χ1v) is 5.95. The number of nitrogen functional groups attached to an aromatic ring is 1. The fourth-order valence-corrected chi connectivity index (χ4v) is 1.76. The molecule has 0 saturated heterocycles. The first-order chi connectivity index (χ1) is 8.06. The maximum Gasteiger partial charge on any atom is 0.216 e. The van der Waals surface area contributed by atoms with Crippen LogP contribution < -0.4 is 11.1 Å². The Morgan fingerprint density at radius 3 is 2.76 bits per heavy atom. The Labute approximate surface area is 108 Å². The number of pyridine rings is 1. The molecule has 0 aliphatic carbocycles. The average molecular weight is 297 g/mol. The Bertz CT molecular complexity index is 526. The molecule has 2 aromatic heterocycles. The van der Waals surface area contributed by atoms with Gasteiger partial charge in [0, 0.05) is 10.7 Å². The number of aromatic nitrogens is 2. The second kappa shape index (κ2) is 4.75. The van der Waals surface area contributed by atoms with Crippen LogP contribution in [0.4, 0.5) is 11.5 Å². The summed E-state index contributed by atoms with van der Waals surface area (Å²) in [6.07, 6.45) is 3.37. The number of aryl methyl sites for hydroxylation is 1. The first-order valence-electron chi connectivity index (χ1n) is 5.16. The zero-order chi connectivity index (χ0) is 12.4. The van der Waals surface area contributed by atoms with E-state index in [0.717, 1.165) is 10.2 Å². The van der Waals surface area contributed by atoms with Crippen LogP contribution in [-0.2, 0) is 0 Å². The van der Waals surface area contributed by atoms with Crippen molar-refractivity contribution < 1.29 is 4.42 Å². The smallest absolute Gasteiger partial charge is 0.216 e. The summed E-state index contributed by atoms with van der Waals surface area (Å²) in [4.78, 5) is 8.35. The minimum atomic E-state index is -0.0836. The van der Waals surface area contributed by atoms with E-state index in [2.05, 4.69) is 31.2 Å². The summed E-state index contributed by atoms with van der Waals surface area (Å²) >= 11 is 3.31. The van der Waals surface area contributed by atoms with E-state index in [1.165, 1.54) is 0 Å². The number of oxazole rings is 1. The molecule has 0 amide bonds. The predicted octanol–water partition coefficient (Wildman–Crippen LogP) is 2.90. The van der Waals surface area contributed by atoms with Crippen LogP contribution in [0, 0.1) is 6.92 Å². The van der Waals surface area contributed by atoms with Gasteiger partial charge in [-0.3, -0.25) is 0 Å². The third-order valence-electron chi connectivity index (χ3n) is 2.25. The highest BCUT2D eigenvalue weighted by Crippen LogP contribution is 2.24. The molecule has 90 valence electrons. The van der Waals surface area contributed by atoms with Crippen molar-refractivity contribution in [2.24, 2.45) is 0 Å². The molecule has 0 aliphatic rings. The summed E-state index contributed by atoms with van der Waals surface area (Å²) in [6.45, 7) is 3.80. The summed E-state index contributed by atoms with van der Waals surface area (Å²) in [6, 6.07) is 1.71. The number of nitrogens with one attached hydrogen (secondary N) is 1. The lowest BCUT2D eigenvalue weighted by Crippen LogP contribution is -2.10. The summed E-state index contributed by atoms with van der Waals surface area (Å²) in [5.41, 5.74) is 6.43. The van der Waals surface area contributed by atoms with E-state index in [1.807, 2.05) is 13.8 Å². The molecule has 5 nitrogen and oxygen atoms in total. The van der Waals surface area contributed by atoms with E-state index in [-0.39, 0.29) is 6.04 Å². The van der Waals surface area contributed by atoms with Crippen molar-refractivity contribution in [3.63, 3.8) is 0 Å². The number of nitrogens with two attached hydrogens (primary N) is 1. The number of hydrogen-bond acceptors (Lipinski definition) is 5. The van der Waals surface area contributed by atoms with Gasteiger partial charge in [-0.05, 0) is 35.8 Å². The van der Waals surface area contributed by atoms with Crippen LogP contribution in [0.2, 0.25) is 0 Å². The fourth-order valence-electron chi connectivity index (χ4n) is 1.41. The number of nitrogens with zero attached hydrogens (tertiary/aromatic N) is 2. The van der Waals surface area contributed by atoms with E-state index in [0.29, 0.717) is 17.4 Å². The van der Waals surface area contributed by atoms with Crippen LogP contribution >= 0.6 is 15.9 Å². The van der Waals surface area contributed by atoms with Crippen molar-refractivity contribution >= 4 is 27.4 Å². The normalized spacial score (nSPS) is 12.4. The highest BCUT2D eigenvalue weighted by atomic mass is 79.9. The monoisotopic (exact) mass is 296 g/mol.